The van der Waals surface area contributed by atoms with E-state index in [1.807, 2.05) is 0 Å². The molecule has 0 unspecified atom stereocenters. The predicted octanol–water partition coefficient (Wildman–Crippen LogP) is 2.48. The third-order valence-electron chi connectivity index (χ3n) is 3.66. The molecule has 1 aliphatic heterocycles. The summed E-state index contributed by atoms with van der Waals surface area (Å²) in [5.74, 6) is -1.37. The average molecular weight is 389 g/mol. The molecule has 2 amide bonds. The Bertz CT molecular complexity index is 815. The molecule has 0 fully saturated rings. The standard InChI is InChI=1S/C17H13BrN2O4/c18-10-5-6-14(19)13(9-10)17(23)24-8-7-20-15(21)11-3-1-2-4-12(11)16(20)22/h1-6,9H,7-8,19H2. The maximum atomic E-state index is 12.2. The smallest absolute Gasteiger partial charge is 0.340 e. The Balaban J connectivity index is 1.63. The normalized spacial score (nSPS) is 13.1. The van der Waals surface area contributed by atoms with Gasteiger partial charge in [-0.05, 0) is 30.3 Å². The summed E-state index contributed by atoms with van der Waals surface area (Å²) in [5.41, 5.74) is 7.00. The first-order valence-electron chi connectivity index (χ1n) is 7.16. The molecular weight excluding hydrogens is 376 g/mol. The molecule has 0 aliphatic carbocycles. The first kappa shape index (κ1) is 16.2. The van der Waals surface area contributed by atoms with Gasteiger partial charge in [0.15, 0.2) is 0 Å². The molecule has 0 aromatic heterocycles. The molecule has 0 radical (unpaired) electrons. The number of nitrogens with zero attached hydrogens (tertiary/aromatic N) is 1. The third kappa shape index (κ3) is 2.90. The number of fused-ring (bicyclic) bond motifs is 1. The van der Waals surface area contributed by atoms with Gasteiger partial charge in [0.2, 0.25) is 0 Å². The van der Waals surface area contributed by atoms with E-state index in [0.29, 0.717) is 21.3 Å². The molecule has 1 aliphatic rings. The zero-order valence-corrected chi connectivity index (χ0v) is 14.1. The minimum atomic E-state index is -0.606. The van der Waals surface area contributed by atoms with Gasteiger partial charge >= 0.3 is 5.97 Å². The highest BCUT2D eigenvalue weighted by molar-refractivity contribution is 9.10. The lowest BCUT2D eigenvalue weighted by atomic mass is 10.1. The highest BCUT2D eigenvalue weighted by atomic mass is 79.9. The second-order valence-corrected chi connectivity index (χ2v) is 6.09. The van der Waals surface area contributed by atoms with E-state index in [1.54, 1.807) is 42.5 Å². The molecular formula is C17H13BrN2O4. The van der Waals surface area contributed by atoms with Gasteiger partial charge in [-0.1, -0.05) is 28.1 Å². The van der Waals surface area contributed by atoms with Crippen LogP contribution in [0.3, 0.4) is 0 Å². The van der Waals surface area contributed by atoms with Gasteiger partial charge in [-0.15, -0.1) is 0 Å². The Morgan fingerprint density at radius 3 is 2.33 bits per heavy atom. The number of nitrogen functional groups attached to an aromatic ring is 1. The van der Waals surface area contributed by atoms with Gasteiger partial charge in [0.1, 0.15) is 6.61 Å². The van der Waals surface area contributed by atoms with E-state index in [9.17, 15) is 14.4 Å². The number of ether oxygens (including phenoxy) is 1. The van der Waals surface area contributed by atoms with Crippen molar-refractivity contribution in [3.8, 4) is 0 Å². The number of amides is 2. The maximum absolute atomic E-state index is 12.2. The monoisotopic (exact) mass is 388 g/mol. The highest BCUT2D eigenvalue weighted by Crippen LogP contribution is 2.22. The number of hydrogen-bond donors (Lipinski definition) is 1. The minimum Gasteiger partial charge on any atom is -0.460 e. The highest BCUT2D eigenvalue weighted by Gasteiger charge is 2.34. The number of carbonyl (C=O) groups is 3. The molecule has 24 heavy (non-hydrogen) atoms. The predicted molar refractivity (Wildman–Crippen MR) is 90.6 cm³/mol. The van der Waals surface area contributed by atoms with Gasteiger partial charge in [-0.3, -0.25) is 14.5 Å². The number of imide groups is 1. The number of esters is 1. The Morgan fingerprint density at radius 2 is 1.71 bits per heavy atom. The fraction of sp³-hybridized carbons (Fsp3) is 0.118. The molecule has 0 bridgehead atoms. The minimum absolute atomic E-state index is 0.00794. The SMILES string of the molecule is Nc1ccc(Br)cc1C(=O)OCCN1C(=O)c2ccccc2C1=O. The largest absolute Gasteiger partial charge is 0.460 e. The third-order valence-corrected chi connectivity index (χ3v) is 4.15. The summed E-state index contributed by atoms with van der Waals surface area (Å²) >= 11 is 3.26. The Hall–Kier alpha value is -2.67. The molecule has 7 heteroatoms. The van der Waals surface area contributed by atoms with Crippen LogP contribution in [0.5, 0.6) is 0 Å². The molecule has 0 saturated heterocycles. The lowest BCUT2D eigenvalue weighted by Gasteiger charge is -2.14. The first-order valence-corrected chi connectivity index (χ1v) is 7.95. The second-order valence-electron chi connectivity index (χ2n) is 5.18. The van der Waals surface area contributed by atoms with Crippen molar-refractivity contribution in [1.82, 2.24) is 4.90 Å². The molecule has 0 spiro atoms. The van der Waals surface area contributed by atoms with Crippen molar-refractivity contribution in [2.24, 2.45) is 0 Å². The molecule has 1 heterocycles. The van der Waals surface area contributed by atoms with Crippen molar-refractivity contribution in [2.75, 3.05) is 18.9 Å². The van der Waals surface area contributed by atoms with E-state index in [-0.39, 0.29) is 30.5 Å². The number of benzene rings is 2. The summed E-state index contributed by atoms with van der Waals surface area (Å²) in [5, 5.41) is 0. The van der Waals surface area contributed by atoms with E-state index >= 15 is 0 Å². The van der Waals surface area contributed by atoms with E-state index in [1.165, 1.54) is 0 Å². The molecule has 2 aromatic carbocycles. The maximum Gasteiger partial charge on any atom is 0.340 e. The summed E-state index contributed by atoms with van der Waals surface area (Å²) in [7, 11) is 0. The van der Waals surface area contributed by atoms with Crippen LogP contribution in [0.25, 0.3) is 0 Å². The van der Waals surface area contributed by atoms with Crippen molar-refractivity contribution in [3.63, 3.8) is 0 Å². The van der Waals surface area contributed by atoms with E-state index in [4.69, 9.17) is 10.5 Å². The number of anilines is 1. The Morgan fingerprint density at radius 1 is 1.08 bits per heavy atom. The van der Waals surface area contributed by atoms with Crippen molar-refractivity contribution in [1.29, 1.82) is 0 Å². The molecule has 0 saturated carbocycles. The first-order chi connectivity index (χ1) is 11.5. The topological polar surface area (TPSA) is 89.7 Å². The van der Waals surface area contributed by atoms with Crippen LogP contribution in [0, 0.1) is 0 Å². The zero-order chi connectivity index (χ0) is 17.3. The van der Waals surface area contributed by atoms with Gasteiger partial charge in [0, 0.05) is 10.2 Å². The van der Waals surface area contributed by atoms with E-state index in [2.05, 4.69) is 15.9 Å². The van der Waals surface area contributed by atoms with Crippen LogP contribution in [0.4, 0.5) is 5.69 Å². The van der Waals surface area contributed by atoms with Gasteiger partial charge in [-0.2, -0.15) is 0 Å². The number of hydrogen-bond acceptors (Lipinski definition) is 5. The van der Waals surface area contributed by atoms with Crippen LogP contribution < -0.4 is 5.73 Å². The molecule has 122 valence electrons. The number of nitrogens with two attached hydrogens (primary N) is 1. The Labute approximate surface area is 146 Å². The molecule has 6 nitrogen and oxygen atoms in total. The lowest BCUT2D eigenvalue weighted by molar-refractivity contribution is 0.0421. The molecule has 0 atom stereocenters. The van der Waals surface area contributed by atoms with Crippen LogP contribution in [0.2, 0.25) is 0 Å². The van der Waals surface area contributed by atoms with E-state index in [0.717, 1.165) is 4.90 Å². The van der Waals surface area contributed by atoms with Crippen molar-refractivity contribution >= 4 is 39.4 Å². The van der Waals surface area contributed by atoms with Crippen LogP contribution in [0.15, 0.2) is 46.9 Å². The fourth-order valence-corrected chi connectivity index (χ4v) is 2.82. The van der Waals surface area contributed by atoms with Gasteiger partial charge in [-0.25, -0.2) is 4.79 Å². The van der Waals surface area contributed by atoms with Crippen molar-refractivity contribution < 1.29 is 19.1 Å². The van der Waals surface area contributed by atoms with Crippen LogP contribution in [0.1, 0.15) is 31.1 Å². The summed E-state index contributed by atoms with van der Waals surface area (Å²) < 4.78 is 5.83. The average Bonchev–Trinajstić information content (AvgIpc) is 2.82. The summed E-state index contributed by atoms with van der Waals surface area (Å²) in [6.45, 7) is -0.109. The van der Waals surface area contributed by atoms with Crippen molar-refractivity contribution in [3.05, 3.63) is 63.6 Å². The second kappa shape index (κ2) is 6.45. The quantitative estimate of drug-likeness (QED) is 0.493. The van der Waals surface area contributed by atoms with Crippen LogP contribution in [-0.2, 0) is 4.74 Å². The molecule has 2 N–H and O–H groups in total. The zero-order valence-electron chi connectivity index (χ0n) is 12.5. The summed E-state index contributed by atoms with van der Waals surface area (Å²) in [6, 6.07) is 11.5. The van der Waals surface area contributed by atoms with Crippen LogP contribution >= 0.6 is 15.9 Å². The fourth-order valence-electron chi connectivity index (χ4n) is 2.45. The molecule has 3 rings (SSSR count). The van der Waals surface area contributed by atoms with Gasteiger partial charge in [0.25, 0.3) is 11.8 Å². The number of rotatable bonds is 4. The number of halogens is 1. The van der Waals surface area contributed by atoms with E-state index < -0.39 is 5.97 Å². The van der Waals surface area contributed by atoms with Crippen molar-refractivity contribution in [2.45, 2.75) is 0 Å². The number of carbonyl (C=O) groups excluding carboxylic acids is 3. The molecule has 2 aromatic rings. The summed E-state index contributed by atoms with van der Waals surface area (Å²) in [6.07, 6.45) is 0. The van der Waals surface area contributed by atoms with Gasteiger partial charge in [0.05, 0.1) is 23.2 Å². The Kier molecular flexibility index (Phi) is 4.35. The lowest BCUT2D eigenvalue weighted by Crippen LogP contribution is -2.33. The summed E-state index contributed by atoms with van der Waals surface area (Å²) in [4.78, 5) is 37.5. The van der Waals surface area contributed by atoms with Crippen LogP contribution in [-0.4, -0.2) is 35.8 Å². The van der Waals surface area contributed by atoms with Gasteiger partial charge < -0.3 is 10.5 Å².